The van der Waals surface area contributed by atoms with Gasteiger partial charge >= 0.3 is 57.9 Å². The van der Waals surface area contributed by atoms with E-state index in [9.17, 15) is 0 Å². The first kappa shape index (κ1) is 6.40. The molecule has 1 aliphatic rings. The van der Waals surface area contributed by atoms with Crippen LogP contribution in [0, 0.1) is 0 Å². The Morgan fingerprint density at radius 3 is 2.12 bits per heavy atom. The maximum atomic E-state index is 2.44. The molecule has 0 aromatic rings. The Bertz CT molecular complexity index is 154. The van der Waals surface area contributed by atoms with E-state index in [0.717, 1.165) is 0 Å². The normalized spacial score (nSPS) is 20.9. The van der Waals surface area contributed by atoms with Crippen LogP contribution in [-0.2, 0) is 0 Å². The van der Waals surface area contributed by atoms with Gasteiger partial charge in [-0.3, -0.25) is 0 Å². The van der Waals surface area contributed by atoms with E-state index in [1.54, 1.807) is 3.59 Å². The van der Waals surface area contributed by atoms with Crippen molar-refractivity contribution < 1.29 is 0 Å². The molecule has 0 amide bonds. The second-order valence-electron chi connectivity index (χ2n) is 2.32. The first-order chi connectivity index (χ1) is 3.72. The summed E-state index contributed by atoms with van der Waals surface area (Å²) in [5, 5.41) is 0. The molecule has 0 fully saturated rings. The fourth-order valence-electron chi connectivity index (χ4n) is 0.811. The van der Waals surface area contributed by atoms with Crippen LogP contribution in [0.4, 0.5) is 0 Å². The predicted octanol–water partition coefficient (Wildman–Crippen LogP) is 2.10. The number of hydrogen-bond acceptors (Lipinski definition) is 0. The minimum absolute atomic E-state index is 0.998. The maximum absolute atomic E-state index is 2.44. The van der Waals surface area contributed by atoms with E-state index in [-0.39, 0.29) is 0 Å². The Morgan fingerprint density at radius 2 is 2.00 bits per heavy atom. The van der Waals surface area contributed by atoms with Crippen molar-refractivity contribution in [1.82, 2.24) is 0 Å². The molecule has 0 spiro atoms. The Balaban J connectivity index is 2.85. The van der Waals surface area contributed by atoms with Gasteiger partial charge in [-0.2, -0.15) is 0 Å². The van der Waals surface area contributed by atoms with Gasteiger partial charge in [0.05, 0.1) is 0 Å². The van der Waals surface area contributed by atoms with Crippen LogP contribution in [0.25, 0.3) is 0 Å². The van der Waals surface area contributed by atoms with Gasteiger partial charge in [0.1, 0.15) is 0 Å². The van der Waals surface area contributed by atoms with E-state index in [2.05, 4.69) is 29.0 Å². The van der Waals surface area contributed by atoms with E-state index < -0.39 is 19.8 Å². The van der Waals surface area contributed by atoms with Gasteiger partial charge in [0.15, 0.2) is 0 Å². The molecule has 1 radical (unpaired) electrons. The molecule has 1 aliphatic heterocycles. The summed E-state index contributed by atoms with van der Waals surface area (Å²) in [5.74, 6) is 0. The summed E-state index contributed by atoms with van der Waals surface area (Å²) < 4.78 is 4.15. The average molecular weight is 214 g/mol. The Morgan fingerprint density at radius 1 is 1.38 bits per heavy atom. The molecule has 0 unspecified atom stereocenters. The quantitative estimate of drug-likeness (QED) is 0.541. The SMILES string of the molecule is CC1=[C](C)[Sn]([CH3])[CH]=C1. The minimum atomic E-state index is -0.998. The Hall–Kier alpha value is 0.279. The van der Waals surface area contributed by atoms with Gasteiger partial charge < -0.3 is 0 Å². The number of hydrogen-bond donors (Lipinski definition) is 0. The van der Waals surface area contributed by atoms with E-state index >= 15 is 0 Å². The summed E-state index contributed by atoms with van der Waals surface area (Å²) in [6.07, 6.45) is 2.28. The molecule has 0 aromatic heterocycles. The molecule has 1 heterocycles. The van der Waals surface area contributed by atoms with E-state index in [0.29, 0.717) is 0 Å². The molecule has 8 heavy (non-hydrogen) atoms. The van der Waals surface area contributed by atoms with Crippen molar-refractivity contribution in [3.05, 3.63) is 19.3 Å². The topological polar surface area (TPSA) is 0 Å². The Kier molecular flexibility index (Phi) is 1.80. The van der Waals surface area contributed by atoms with Gasteiger partial charge in [0, 0.05) is 0 Å². The molecule has 0 aliphatic carbocycles. The average Bonchev–Trinajstić information content (AvgIpc) is 1.98. The molecule has 0 nitrogen and oxygen atoms in total. The van der Waals surface area contributed by atoms with Crippen molar-refractivity contribution in [2.45, 2.75) is 18.8 Å². The van der Waals surface area contributed by atoms with E-state index in [1.165, 1.54) is 5.57 Å². The summed E-state index contributed by atoms with van der Waals surface area (Å²) >= 11 is -0.998. The molecule has 0 saturated heterocycles. The standard InChI is InChI=1S/C6H8.CH3.Sn/c1-4-6(3)5-2;;/h1,4H,2-3H3;1H3;. The van der Waals surface area contributed by atoms with Crippen LogP contribution in [0.3, 0.4) is 0 Å². The zero-order valence-corrected chi connectivity index (χ0v) is 8.51. The zero-order valence-electron chi connectivity index (χ0n) is 5.65. The third-order valence-electron chi connectivity index (χ3n) is 1.77. The van der Waals surface area contributed by atoms with Crippen LogP contribution >= 0.6 is 0 Å². The van der Waals surface area contributed by atoms with Crippen LogP contribution < -0.4 is 0 Å². The summed E-state index contributed by atoms with van der Waals surface area (Å²) in [6.45, 7) is 4.49. The molecule has 0 atom stereocenters. The molecule has 1 heteroatoms. The summed E-state index contributed by atoms with van der Waals surface area (Å²) in [7, 11) is 0. The molecule has 0 N–H and O–H groups in total. The van der Waals surface area contributed by atoms with Crippen molar-refractivity contribution in [1.29, 1.82) is 0 Å². The van der Waals surface area contributed by atoms with Gasteiger partial charge in [0.25, 0.3) is 0 Å². The summed E-state index contributed by atoms with van der Waals surface area (Å²) in [6, 6.07) is 0. The molecular weight excluding hydrogens is 203 g/mol. The second kappa shape index (κ2) is 2.26. The van der Waals surface area contributed by atoms with Crippen LogP contribution in [0.15, 0.2) is 19.3 Å². The van der Waals surface area contributed by atoms with Crippen LogP contribution in [-0.4, -0.2) is 19.8 Å². The third-order valence-corrected chi connectivity index (χ3v) is 8.17. The number of allylic oxidation sites excluding steroid dienone is 3. The van der Waals surface area contributed by atoms with Crippen molar-refractivity contribution in [2.24, 2.45) is 0 Å². The van der Waals surface area contributed by atoms with E-state index in [4.69, 9.17) is 0 Å². The van der Waals surface area contributed by atoms with Crippen molar-refractivity contribution in [2.75, 3.05) is 0 Å². The molecule has 0 aromatic carbocycles. The third kappa shape index (κ3) is 0.992. The first-order valence-corrected chi connectivity index (χ1v) is 8.84. The zero-order chi connectivity index (χ0) is 6.15. The van der Waals surface area contributed by atoms with Crippen molar-refractivity contribution in [3.63, 3.8) is 0 Å². The van der Waals surface area contributed by atoms with Gasteiger partial charge in [-0.05, 0) is 0 Å². The summed E-state index contributed by atoms with van der Waals surface area (Å²) in [4.78, 5) is 2.42. The summed E-state index contributed by atoms with van der Waals surface area (Å²) in [5.41, 5.74) is 1.53. The first-order valence-electron chi connectivity index (χ1n) is 2.91. The molecule has 43 valence electrons. The Labute approximate surface area is 58.0 Å². The van der Waals surface area contributed by atoms with Crippen molar-refractivity contribution in [3.8, 4) is 0 Å². The fraction of sp³-hybridized carbons (Fsp3) is 0.429. The number of rotatable bonds is 0. The van der Waals surface area contributed by atoms with Crippen molar-refractivity contribution >= 4 is 19.8 Å². The van der Waals surface area contributed by atoms with Gasteiger partial charge in [0.2, 0.25) is 0 Å². The predicted molar refractivity (Wildman–Crippen MR) is 39.1 cm³/mol. The van der Waals surface area contributed by atoms with Crippen LogP contribution in [0.5, 0.6) is 0 Å². The van der Waals surface area contributed by atoms with Gasteiger partial charge in [-0.25, -0.2) is 0 Å². The molecule has 1 rings (SSSR count). The van der Waals surface area contributed by atoms with E-state index in [1.807, 2.05) is 0 Å². The van der Waals surface area contributed by atoms with Gasteiger partial charge in [-0.15, -0.1) is 0 Å². The van der Waals surface area contributed by atoms with Gasteiger partial charge in [-0.1, -0.05) is 0 Å². The molecular formula is C7H11Sn. The fourth-order valence-corrected chi connectivity index (χ4v) is 4.96. The molecule has 0 saturated carbocycles. The molecule has 0 bridgehead atoms. The monoisotopic (exact) mass is 215 g/mol. The second-order valence-corrected chi connectivity index (χ2v) is 9.32. The van der Waals surface area contributed by atoms with Crippen LogP contribution in [0.2, 0.25) is 4.94 Å². The van der Waals surface area contributed by atoms with Crippen LogP contribution in [0.1, 0.15) is 13.8 Å².